The Morgan fingerprint density at radius 3 is 2.86 bits per heavy atom. The van der Waals surface area contributed by atoms with E-state index >= 15 is 0 Å². The van der Waals surface area contributed by atoms with Crippen LogP contribution in [0.15, 0.2) is 10.5 Å². The van der Waals surface area contributed by atoms with Crippen molar-refractivity contribution < 1.29 is 19.1 Å². The van der Waals surface area contributed by atoms with E-state index in [0.717, 1.165) is 37.2 Å². The summed E-state index contributed by atoms with van der Waals surface area (Å²) in [5, 5.41) is 13.3. The second-order valence-electron chi connectivity index (χ2n) is 6.05. The summed E-state index contributed by atoms with van der Waals surface area (Å²) >= 11 is 0. The highest BCUT2D eigenvalue weighted by atomic mass is 16.5. The average Bonchev–Trinajstić information content (AvgIpc) is 3.04. The molecule has 1 saturated heterocycles. The van der Waals surface area contributed by atoms with E-state index in [0.29, 0.717) is 12.2 Å². The van der Waals surface area contributed by atoms with E-state index in [1.54, 1.807) is 6.92 Å². The summed E-state index contributed by atoms with van der Waals surface area (Å²) in [6, 6.07) is 1.81. The van der Waals surface area contributed by atoms with Crippen molar-refractivity contribution in [1.82, 2.24) is 5.32 Å². The van der Waals surface area contributed by atoms with Crippen molar-refractivity contribution in [2.24, 2.45) is 0 Å². The number of hydrogen-bond acceptors (Lipinski definition) is 4. The molecular formula is C16H25NO4. The molecule has 5 heteroatoms. The van der Waals surface area contributed by atoms with Gasteiger partial charge in [-0.1, -0.05) is 0 Å². The molecule has 5 nitrogen and oxygen atoms in total. The Labute approximate surface area is 125 Å². The number of aryl methyl sites for hydroxylation is 2. The zero-order valence-corrected chi connectivity index (χ0v) is 13.1. The van der Waals surface area contributed by atoms with E-state index in [-0.39, 0.29) is 18.6 Å². The van der Waals surface area contributed by atoms with Crippen LogP contribution in [-0.2, 0) is 15.1 Å². The molecule has 0 spiro atoms. The number of amides is 1. The van der Waals surface area contributed by atoms with Crippen molar-refractivity contribution in [3.63, 3.8) is 0 Å². The molecular weight excluding hydrogens is 270 g/mol. The highest BCUT2D eigenvalue weighted by Crippen LogP contribution is 2.26. The molecule has 21 heavy (non-hydrogen) atoms. The van der Waals surface area contributed by atoms with Gasteiger partial charge in [0.15, 0.2) is 0 Å². The van der Waals surface area contributed by atoms with Gasteiger partial charge in [0.25, 0.3) is 0 Å². The molecule has 0 aliphatic carbocycles. The molecule has 0 bridgehead atoms. The van der Waals surface area contributed by atoms with Gasteiger partial charge in [0.1, 0.15) is 17.1 Å². The van der Waals surface area contributed by atoms with Crippen LogP contribution in [0.4, 0.5) is 0 Å². The average molecular weight is 295 g/mol. The van der Waals surface area contributed by atoms with Crippen LogP contribution in [0.1, 0.15) is 49.7 Å². The first-order valence-electron chi connectivity index (χ1n) is 7.56. The van der Waals surface area contributed by atoms with Gasteiger partial charge in [-0.15, -0.1) is 0 Å². The number of ether oxygens (including phenoxy) is 1. The summed E-state index contributed by atoms with van der Waals surface area (Å²) in [6.45, 7) is 6.32. The maximum atomic E-state index is 11.9. The number of carbonyl (C=O) groups is 1. The van der Waals surface area contributed by atoms with E-state index in [1.807, 2.05) is 19.9 Å². The van der Waals surface area contributed by atoms with Crippen molar-refractivity contribution in [3.8, 4) is 0 Å². The fourth-order valence-electron chi connectivity index (χ4n) is 2.78. The van der Waals surface area contributed by atoms with Crippen molar-refractivity contribution in [2.45, 2.75) is 58.2 Å². The second kappa shape index (κ2) is 6.62. The number of rotatable bonds is 6. The first kappa shape index (κ1) is 16.0. The van der Waals surface area contributed by atoms with Crippen molar-refractivity contribution in [3.05, 3.63) is 23.2 Å². The highest BCUT2D eigenvalue weighted by Gasteiger charge is 2.28. The number of hydrogen-bond donors (Lipinski definition) is 2. The first-order chi connectivity index (χ1) is 9.88. The van der Waals surface area contributed by atoms with Crippen molar-refractivity contribution in [2.75, 3.05) is 13.2 Å². The summed E-state index contributed by atoms with van der Waals surface area (Å²) in [7, 11) is 0. The standard InChI is InChI=1S/C16H25NO4/c1-11-9-14(12(2)21-11)16(3,19)10-17-15(18)7-6-13-5-4-8-20-13/h9,13,19H,4-8,10H2,1-3H3,(H,17,18)/t13-,16-/m1/s1. The molecule has 0 radical (unpaired) electrons. The minimum Gasteiger partial charge on any atom is -0.466 e. The van der Waals surface area contributed by atoms with Crippen LogP contribution in [0.5, 0.6) is 0 Å². The Hall–Kier alpha value is -1.33. The van der Waals surface area contributed by atoms with E-state index in [4.69, 9.17) is 9.15 Å². The Bertz CT molecular complexity index is 486. The fourth-order valence-corrected chi connectivity index (χ4v) is 2.78. The fraction of sp³-hybridized carbons (Fsp3) is 0.688. The Morgan fingerprint density at radius 1 is 1.52 bits per heavy atom. The third-order valence-corrected chi connectivity index (χ3v) is 3.97. The van der Waals surface area contributed by atoms with Crippen LogP contribution < -0.4 is 5.32 Å². The lowest BCUT2D eigenvalue weighted by molar-refractivity contribution is -0.122. The molecule has 118 valence electrons. The number of nitrogens with one attached hydrogen (secondary N) is 1. The van der Waals surface area contributed by atoms with E-state index in [9.17, 15) is 9.90 Å². The van der Waals surface area contributed by atoms with Gasteiger partial charge < -0.3 is 19.6 Å². The van der Waals surface area contributed by atoms with Crippen LogP contribution in [0.2, 0.25) is 0 Å². The lowest BCUT2D eigenvalue weighted by Crippen LogP contribution is -2.38. The molecule has 1 aromatic heterocycles. The smallest absolute Gasteiger partial charge is 0.220 e. The molecule has 2 atom stereocenters. The molecule has 2 N–H and O–H groups in total. The molecule has 1 aromatic rings. The molecule has 0 saturated carbocycles. The Balaban J connectivity index is 1.80. The SMILES string of the molecule is Cc1cc([C@](C)(O)CNC(=O)CC[C@H]2CCCO2)c(C)o1. The summed E-state index contributed by atoms with van der Waals surface area (Å²) in [4.78, 5) is 11.9. The molecule has 2 heterocycles. The minimum atomic E-state index is -1.12. The lowest BCUT2D eigenvalue weighted by atomic mass is 9.96. The van der Waals surface area contributed by atoms with Crippen LogP contribution >= 0.6 is 0 Å². The van der Waals surface area contributed by atoms with Gasteiger partial charge >= 0.3 is 0 Å². The second-order valence-corrected chi connectivity index (χ2v) is 6.05. The Kier molecular flexibility index (Phi) is 5.06. The van der Waals surface area contributed by atoms with Gasteiger partial charge in [-0.3, -0.25) is 4.79 Å². The zero-order valence-electron chi connectivity index (χ0n) is 13.1. The molecule has 0 aromatic carbocycles. The van der Waals surface area contributed by atoms with Gasteiger partial charge in [-0.2, -0.15) is 0 Å². The van der Waals surface area contributed by atoms with Crippen molar-refractivity contribution >= 4 is 5.91 Å². The Morgan fingerprint density at radius 2 is 2.29 bits per heavy atom. The van der Waals surface area contributed by atoms with Crippen molar-refractivity contribution in [1.29, 1.82) is 0 Å². The summed E-state index contributed by atoms with van der Waals surface area (Å²) in [5.41, 5.74) is -0.402. The molecule has 2 rings (SSSR count). The predicted octanol–water partition coefficient (Wildman–Crippen LogP) is 2.18. The highest BCUT2D eigenvalue weighted by molar-refractivity contribution is 5.76. The molecule has 1 fully saturated rings. The van der Waals surface area contributed by atoms with Crippen LogP contribution in [0, 0.1) is 13.8 Å². The number of furan rings is 1. The zero-order chi connectivity index (χ0) is 15.5. The summed E-state index contributed by atoms with van der Waals surface area (Å²) in [6.07, 6.45) is 3.52. The number of aliphatic hydroxyl groups is 1. The monoisotopic (exact) mass is 295 g/mol. The normalized spacial score (nSPS) is 21.2. The van der Waals surface area contributed by atoms with Crippen LogP contribution in [0.25, 0.3) is 0 Å². The predicted molar refractivity (Wildman–Crippen MR) is 79.0 cm³/mol. The van der Waals surface area contributed by atoms with E-state index in [2.05, 4.69) is 5.32 Å². The van der Waals surface area contributed by atoms with Gasteiger partial charge in [0.05, 0.1) is 12.6 Å². The molecule has 1 aliphatic heterocycles. The van der Waals surface area contributed by atoms with Gasteiger partial charge in [-0.05, 0) is 46.1 Å². The van der Waals surface area contributed by atoms with Gasteiger partial charge in [0, 0.05) is 18.6 Å². The molecule has 0 unspecified atom stereocenters. The van der Waals surface area contributed by atoms with E-state index < -0.39 is 5.60 Å². The lowest BCUT2D eigenvalue weighted by Gasteiger charge is -2.23. The summed E-state index contributed by atoms with van der Waals surface area (Å²) < 4.78 is 10.9. The van der Waals surface area contributed by atoms with Crippen LogP contribution in [-0.4, -0.2) is 30.3 Å². The maximum absolute atomic E-state index is 11.9. The maximum Gasteiger partial charge on any atom is 0.220 e. The topological polar surface area (TPSA) is 71.7 Å². The third kappa shape index (κ3) is 4.32. The quantitative estimate of drug-likeness (QED) is 0.844. The van der Waals surface area contributed by atoms with Crippen LogP contribution in [0.3, 0.4) is 0 Å². The summed E-state index contributed by atoms with van der Waals surface area (Å²) in [5.74, 6) is 1.39. The minimum absolute atomic E-state index is 0.0522. The molecule has 1 aliphatic rings. The van der Waals surface area contributed by atoms with Gasteiger partial charge in [-0.25, -0.2) is 0 Å². The molecule has 1 amide bonds. The first-order valence-corrected chi connectivity index (χ1v) is 7.56. The number of carbonyl (C=O) groups excluding carboxylic acids is 1. The third-order valence-electron chi connectivity index (χ3n) is 3.97. The van der Waals surface area contributed by atoms with E-state index in [1.165, 1.54) is 0 Å². The largest absolute Gasteiger partial charge is 0.466 e. The van der Waals surface area contributed by atoms with Gasteiger partial charge in [0.2, 0.25) is 5.91 Å².